The van der Waals surface area contributed by atoms with Crippen LogP contribution in [0.5, 0.6) is 0 Å². The molecule has 0 atom stereocenters. The Morgan fingerprint density at radius 1 is 1.10 bits per heavy atom. The zero-order valence-electron chi connectivity index (χ0n) is 18.4. The second kappa shape index (κ2) is 10.2. The number of piperidine rings is 1. The maximum absolute atomic E-state index is 5.87. The number of rotatable bonds is 4. The van der Waals surface area contributed by atoms with E-state index in [0.717, 1.165) is 48.0 Å². The van der Waals surface area contributed by atoms with Gasteiger partial charge in [0.05, 0.1) is 5.70 Å². The van der Waals surface area contributed by atoms with Crippen LogP contribution in [0.2, 0.25) is 0 Å². The van der Waals surface area contributed by atoms with E-state index in [1.807, 2.05) is 18.5 Å². The lowest BCUT2D eigenvalue weighted by atomic mass is 10.0. The van der Waals surface area contributed by atoms with Crippen molar-refractivity contribution in [1.82, 2.24) is 9.88 Å². The number of hydrogen-bond acceptors (Lipinski definition) is 5. The van der Waals surface area contributed by atoms with E-state index in [1.165, 1.54) is 48.2 Å². The number of aliphatic imine (C=N–C) groups is 1. The number of anilines is 1. The van der Waals surface area contributed by atoms with E-state index in [2.05, 4.69) is 65.0 Å². The molecule has 0 aliphatic carbocycles. The lowest BCUT2D eigenvalue weighted by molar-refractivity contribution is 0.341. The molecule has 0 bridgehead atoms. The van der Waals surface area contributed by atoms with Crippen LogP contribution in [0.15, 0.2) is 76.0 Å². The highest BCUT2D eigenvalue weighted by Gasteiger charge is 2.27. The van der Waals surface area contributed by atoms with Gasteiger partial charge in [0.25, 0.3) is 0 Å². The van der Waals surface area contributed by atoms with Gasteiger partial charge in [-0.05, 0) is 75.7 Å². The van der Waals surface area contributed by atoms with Gasteiger partial charge in [0, 0.05) is 59.4 Å². The third kappa shape index (κ3) is 4.86. The Kier molecular flexibility index (Phi) is 7.10. The molecule has 4 rings (SSSR count). The summed E-state index contributed by atoms with van der Waals surface area (Å²) in [6.07, 6.45) is 10.7. The predicted octanol–water partition coefficient (Wildman–Crippen LogP) is 5.48. The van der Waals surface area contributed by atoms with Crippen molar-refractivity contribution in [2.24, 2.45) is 10.1 Å². The molecule has 6 heteroatoms. The van der Waals surface area contributed by atoms with Crippen LogP contribution in [0.3, 0.4) is 0 Å². The first-order chi connectivity index (χ1) is 15.2. The molecule has 3 heterocycles. The van der Waals surface area contributed by atoms with Crippen LogP contribution in [-0.2, 0) is 0 Å². The van der Waals surface area contributed by atoms with Crippen LogP contribution in [-0.4, -0.2) is 35.4 Å². The molecule has 5 nitrogen and oxygen atoms in total. The number of pyridine rings is 1. The van der Waals surface area contributed by atoms with Crippen molar-refractivity contribution < 1.29 is 0 Å². The van der Waals surface area contributed by atoms with Crippen molar-refractivity contribution >= 4 is 29.2 Å². The van der Waals surface area contributed by atoms with E-state index in [0.29, 0.717) is 0 Å². The molecule has 1 aromatic carbocycles. The monoisotopic (exact) mass is 433 g/mol. The molecule has 2 fully saturated rings. The van der Waals surface area contributed by atoms with Crippen molar-refractivity contribution in [2.45, 2.75) is 44.4 Å². The van der Waals surface area contributed by atoms with E-state index in [4.69, 9.17) is 10.1 Å². The minimum atomic E-state index is 0.937. The Balaban J connectivity index is 1.80. The number of hydrogen-bond donors (Lipinski definition) is 1. The SMILES string of the molecule is C/C=C1/C(=C(\N=C(/C)N2CCCCC2)c2cccc(SN)c2)CCN1c1ccncc1. The second-order valence-electron chi connectivity index (χ2n) is 7.96. The van der Waals surface area contributed by atoms with Crippen molar-refractivity contribution in [3.05, 3.63) is 71.7 Å². The van der Waals surface area contributed by atoms with Gasteiger partial charge in [-0.15, -0.1) is 0 Å². The summed E-state index contributed by atoms with van der Waals surface area (Å²) < 4.78 is 0. The zero-order chi connectivity index (χ0) is 21.6. The summed E-state index contributed by atoms with van der Waals surface area (Å²) in [7, 11) is 0. The quantitative estimate of drug-likeness (QED) is 0.393. The normalized spacial score (nSPS) is 20.5. The molecule has 2 aliphatic heterocycles. The topological polar surface area (TPSA) is 57.8 Å². The van der Waals surface area contributed by atoms with Crippen molar-refractivity contribution in [1.29, 1.82) is 0 Å². The molecule has 0 unspecified atom stereocenters. The number of nitrogens with two attached hydrogens (primary N) is 1. The molecule has 2 aliphatic rings. The summed E-state index contributed by atoms with van der Waals surface area (Å²) in [4.78, 5) is 15.3. The standard InChI is InChI=1S/C25H31N5S/c1-3-24-23(12-17-30(24)21-10-13-27-14-11-21)25(20-8-7-9-22(18-20)31-26)28-19(2)29-15-5-4-6-16-29/h3,7-11,13-14,18H,4-6,12,15-17,26H2,1-2H3/b24-3-,25-23-,28-19+. The zero-order valence-corrected chi connectivity index (χ0v) is 19.2. The fourth-order valence-corrected chi connectivity index (χ4v) is 4.82. The molecule has 0 amide bonds. The summed E-state index contributed by atoms with van der Waals surface area (Å²) in [5.74, 6) is 1.10. The molecule has 1 aromatic heterocycles. The van der Waals surface area contributed by atoms with Crippen LogP contribution < -0.4 is 10.0 Å². The highest BCUT2D eigenvalue weighted by atomic mass is 32.2. The summed E-state index contributed by atoms with van der Waals surface area (Å²) >= 11 is 1.28. The van der Waals surface area contributed by atoms with Crippen LogP contribution in [0.25, 0.3) is 5.70 Å². The van der Waals surface area contributed by atoms with Gasteiger partial charge in [0.15, 0.2) is 0 Å². The first kappa shape index (κ1) is 21.7. The van der Waals surface area contributed by atoms with Gasteiger partial charge in [-0.25, -0.2) is 4.99 Å². The first-order valence-corrected chi connectivity index (χ1v) is 11.9. The fourth-order valence-electron chi connectivity index (χ4n) is 4.47. The number of aromatic nitrogens is 1. The van der Waals surface area contributed by atoms with Gasteiger partial charge in [-0.2, -0.15) is 0 Å². The minimum absolute atomic E-state index is 0.937. The molecule has 0 spiro atoms. The molecule has 162 valence electrons. The molecule has 2 saturated heterocycles. The van der Waals surface area contributed by atoms with E-state index >= 15 is 0 Å². The summed E-state index contributed by atoms with van der Waals surface area (Å²) in [6.45, 7) is 7.39. The molecule has 31 heavy (non-hydrogen) atoms. The predicted molar refractivity (Wildman–Crippen MR) is 132 cm³/mol. The van der Waals surface area contributed by atoms with E-state index < -0.39 is 0 Å². The van der Waals surface area contributed by atoms with Crippen molar-refractivity contribution in [3.63, 3.8) is 0 Å². The van der Waals surface area contributed by atoms with Crippen LogP contribution in [0.1, 0.15) is 45.1 Å². The summed E-state index contributed by atoms with van der Waals surface area (Å²) in [6, 6.07) is 12.6. The second-order valence-corrected chi connectivity index (χ2v) is 8.67. The van der Waals surface area contributed by atoms with Crippen LogP contribution >= 0.6 is 11.9 Å². The number of nitrogens with zero attached hydrogens (tertiary/aromatic N) is 4. The third-order valence-corrected chi connectivity index (χ3v) is 6.58. The highest BCUT2D eigenvalue weighted by Crippen LogP contribution is 2.38. The Morgan fingerprint density at radius 3 is 2.58 bits per heavy atom. The minimum Gasteiger partial charge on any atom is -0.360 e. The van der Waals surface area contributed by atoms with Gasteiger partial charge in [0.1, 0.15) is 5.84 Å². The summed E-state index contributed by atoms with van der Waals surface area (Å²) in [5.41, 5.74) is 5.86. The Hall–Kier alpha value is -2.57. The average Bonchev–Trinajstić information content (AvgIpc) is 3.27. The third-order valence-electron chi connectivity index (χ3n) is 6.05. The maximum Gasteiger partial charge on any atom is 0.102 e. The summed E-state index contributed by atoms with van der Waals surface area (Å²) in [5, 5.41) is 5.87. The molecular weight excluding hydrogens is 402 g/mol. The molecule has 2 aromatic rings. The smallest absolute Gasteiger partial charge is 0.102 e. The number of likely N-dealkylation sites (tertiary alicyclic amines) is 1. The Morgan fingerprint density at radius 2 is 1.87 bits per heavy atom. The maximum atomic E-state index is 5.87. The van der Waals surface area contributed by atoms with E-state index in [-0.39, 0.29) is 0 Å². The van der Waals surface area contributed by atoms with E-state index in [9.17, 15) is 0 Å². The largest absolute Gasteiger partial charge is 0.360 e. The molecule has 0 radical (unpaired) electrons. The lowest BCUT2D eigenvalue weighted by Crippen LogP contribution is -2.34. The van der Waals surface area contributed by atoms with Gasteiger partial charge < -0.3 is 9.80 Å². The molecule has 0 saturated carbocycles. The van der Waals surface area contributed by atoms with Crippen molar-refractivity contribution in [2.75, 3.05) is 24.5 Å². The number of allylic oxidation sites excluding steroid dienone is 2. The Bertz CT molecular complexity index is 990. The van der Waals surface area contributed by atoms with Crippen LogP contribution in [0.4, 0.5) is 5.69 Å². The number of benzene rings is 1. The molecular formula is C25H31N5S. The lowest BCUT2D eigenvalue weighted by Gasteiger charge is -2.28. The van der Waals surface area contributed by atoms with Crippen LogP contribution in [0, 0.1) is 0 Å². The van der Waals surface area contributed by atoms with Gasteiger partial charge >= 0.3 is 0 Å². The molecule has 2 N–H and O–H groups in total. The first-order valence-electron chi connectivity index (χ1n) is 11.1. The van der Waals surface area contributed by atoms with Gasteiger partial charge in [0.2, 0.25) is 0 Å². The van der Waals surface area contributed by atoms with Gasteiger partial charge in [-0.1, -0.05) is 18.2 Å². The van der Waals surface area contributed by atoms with E-state index in [1.54, 1.807) is 0 Å². The average molecular weight is 434 g/mol. The van der Waals surface area contributed by atoms with Crippen molar-refractivity contribution in [3.8, 4) is 0 Å². The fraction of sp³-hybridized carbons (Fsp3) is 0.360. The van der Waals surface area contributed by atoms with Gasteiger partial charge in [-0.3, -0.25) is 10.1 Å². The number of amidine groups is 1. The highest BCUT2D eigenvalue weighted by molar-refractivity contribution is 7.97. The Labute approximate surface area is 189 Å².